The lowest BCUT2D eigenvalue weighted by molar-refractivity contribution is 0.357. The van der Waals surface area contributed by atoms with E-state index in [1.165, 1.54) is 24.8 Å². The normalized spacial score (nSPS) is 13.4. The highest BCUT2D eigenvalue weighted by molar-refractivity contribution is 5.20. The molecular weight excluding hydrogens is 192 g/mol. The summed E-state index contributed by atoms with van der Waals surface area (Å²) in [5.74, 6) is 2.35. The van der Waals surface area contributed by atoms with Gasteiger partial charge in [0.05, 0.1) is 0 Å². The fourth-order valence-electron chi connectivity index (χ4n) is 2.47. The minimum absolute atomic E-state index is 0.728. The first-order valence-corrected chi connectivity index (χ1v) is 6.73. The largest absolute Gasteiger partial charge is 0.0651 e. The summed E-state index contributed by atoms with van der Waals surface area (Å²) in [4.78, 5) is 0. The average molecular weight is 218 g/mol. The van der Waals surface area contributed by atoms with Crippen LogP contribution >= 0.6 is 0 Å². The van der Waals surface area contributed by atoms with Crippen molar-refractivity contribution in [2.75, 3.05) is 0 Å². The Labute approximate surface area is 101 Å². The van der Waals surface area contributed by atoms with Crippen LogP contribution in [0.25, 0.3) is 0 Å². The predicted molar refractivity (Wildman–Crippen MR) is 72.7 cm³/mol. The Morgan fingerprint density at radius 1 is 0.938 bits per heavy atom. The molecule has 1 unspecified atom stereocenters. The van der Waals surface area contributed by atoms with Gasteiger partial charge in [-0.25, -0.2) is 0 Å². The van der Waals surface area contributed by atoms with Crippen LogP contribution in [-0.4, -0.2) is 0 Å². The van der Waals surface area contributed by atoms with Crippen LogP contribution in [0.2, 0.25) is 0 Å². The first-order valence-electron chi connectivity index (χ1n) is 6.73. The third kappa shape index (κ3) is 3.66. The molecule has 0 bridgehead atoms. The van der Waals surface area contributed by atoms with Crippen molar-refractivity contribution >= 4 is 0 Å². The lowest BCUT2D eigenvalue weighted by Crippen LogP contribution is -2.12. The molecule has 0 saturated heterocycles. The third-order valence-corrected chi connectivity index (χ3v) is 3.77. The summed E-state index contributed by atoms with van der Waals surface area (Å²) in [6.07, 6.45) is 3.97. The zero-order valence-corrected chi connectivity index (χ0v) is 11.2. The highest BCUT2D eigenvalue weighted by Crippen LogP contribution is 2.32. The summed E-state index contributed by atoms with van der Waals surface area (Å²) >= 11 is 0. The van der Waals surface area contributed by atoms with Crippen molar-refractivity contribution in [2.45, 2.75) is 52.9 Å². The molecule has 0 saturated carbocycles. The second-order valence-electron chi connectivity index (χ2n) is 5.18. The molecule has 90 valence electrons. The number of hydrogen-bond acceptors (Lipinski definition) is 0. The van der Waals surface area contributed by atoms with Crippen LogP contribution in [0.4, 0.5) is 0 Å². The Morgan fingerprint density at radius 2 is 1.50 bits per heavy atom. The van der Waals surface area contributed by atoms with E-state index in [2.05, 4.69) is 58.0 Å². The number of benzene rings is 1. The summed E-state index contributed by atoms with van der Waals surface area (Å²) in [5, 5.41) is 0. The first-order chi connectivity index (χ1) is 7.69. The smallest absolute Gasteiger partial charge is 0.0136 e. The fourth-order valence-corrected chi connectivity index (χ4v) is 2.47. The van der Waals surface area contributed by atoms with E-state index in [-0.39, 0.29) is 0 Å². The van der Waals surface area contributed by atoms with Crippen molar-refractivity contribution < 1.29 is 0 Å². The molecule has 1 rings (SSSR count). The molecule has 0 fully saturated rings. The van der Waals surface area contributed by atoms with Gasteiger partial charge in [-0.1, -0.05) is 70.9 Å². The summed E-state index contributed by atoms with van der Waals surface area (Å²) in [7, 11) is 0. The van der Waals surface area contributed by atoms with Crippen molar-refractivity contribution in [3.8, 4) is 0 Å². The molecule has 0 aliphatic carbocycles. The maximum absolute atomic E-state index is 2.35. The number of rotatable bonds is 6. The monoisotopic (exact) mass is 218 g/mol. The molecule has 0 heterocycles. The maximum Gasteiger partial charge on any atom is -0.0136 e. The maximum atomic E-state index is 2.35. The van der Waals surface area contributed by atoms with Gasteiger partial charge in [0.15, 0.2) is 0 Å². The van der Waals surface area contributed by atoms with Crippen molar-refractivity contribution in [3.05, 3.63) is 35.9 Å². The Hall–Kier alpha value is -0.780. The summed E-state index contributed by atoms with van der Waals surface area (Å²) in [5.41, 5.74) is 1.52. The summed E-state index contributed by atoms with van der Waals surface area (Å²) in [6.45, 7) is 9.33. The van der Waals surface area contributed by atoms with Gasteiger partial charge in [0.2, 0.25) is 0 Å². The highest BCUT2D eigenvalue weighted by Gasteiger charge is 2.18. The van der Waals surface area contributed by atoms with Gasteiger partial charge in [-0.2, -0.15) is 0 Å². The molecule has 16 heavy (non-hydrogen) atoms. The highest BCUT2D eigenvalue weighted by atomic mass is 14.2. The topological polar surface area (TPSA) is 0 Å². The van der Waals surface area contributed by atoms with Crippen LogP contribution in [0.5, 0.6) is 0 Å². The van der Waals surface area contributed by atoms with Crippen LogP contribution in [0, 0.1) is 11.8 Å². The van der Waals surface area contributed by atoms with Gasteiger partial charge < -0.3 is 0 Å². The summed E-state index contributed by atoms with van der Waals surface area (Å²) < 4.78 is 0. The average Bonchev–Trinajstić information content (AvgIpc) is 2.31. The fraction of sp³-hybridized carbons (Fsp3) is 0.625. The molecule has 1 atom stereocenters. The van der Waals surface area contributed by atoms with Crippen molar-refractivity contribution in [1.82, 2.24) is 0 Å². The van der Waals surface area contributed by atoms with E-state index in [4.69, 9.17) is 0 Å². The van der Waals surface area contributed by atoms with Gasteiger partial charge in [0, 0.05) is 0 Å². The molecule has 1 aromatic rings. The Morgan fingerprint density at radius 3 is 1.94 bits per heavy atom. The van der Waals surface area contributed by atoms with E-state index < -0.39 is 0 Å². The number of hydrogen-bond donors (Lipinski definition) is 0. The second-order valence-corrected chi connectivity index (χ2v) is 5.18. The van der Waals surface area contributed by atoms with Gasteiger partial charge in [-0.15, -0.1) is 0 Å². The van der Waals surface area contributed by atoms with Crippen LogP contribution in [-0.2, 0) is 0 Å². The summed E-state index contributed by atoms with van der Waals surface area (Å²) in [6, 6.07) is 11.0. The second kappa shape index (κ2) is 6.73. The first kappa shape index (κ1) is 13.3. The van der Waals surface area contributed by atoms with Crippen LogP contribution in [0.1, 0.15) is 58.4 Å². The predicted octanol–water partition coefficient (Wildman–Crippen LogP) is 5.25. The minimum Gasteiger partial charge on any atom is -0.0651 e. The molecule has 0 radical (unpaired) electrons. The Kier molecular flexibility index (Phi) is 5.59. The van der Waals surface area contributed by atoms with Crippen LogP contribution in [0.15, 0.2) is 30.3 Å². The Bertz CT molecular complexity index is 269. The van der Waals surface area contributed by atoms with E-state index >= 15 is 0 Å². The minimum atomic E-state index is 0.728. The van der Waals surface area contributed by atoms with Crippen LogP contribution in [0.3, 0.4) is 0 Å². The van der Waals surface area contributed by atoms with Gasteiger partial charge in [-0.3, -0.25) is 0 Å². The molecule has 0 aromatic heterocycles. The van der Waals surface area contributed by atoms with Crippen molar-refractivity contribution in [2.24, 2.45) is 11.8 Å². The molecule has 0 aliphatic heterocycles. The standard InChI is InChI=1S/C16H26/c1-5-14(6-2)12-16(13(3)4)15-10-8-7-9-11-15/h7-11,13-14,16H,5-6,12H2,1-4H3. The van der Waals surface area contributed by atoms with Crippen molar-refractivity contribution in [3.63, 3.8) is 0 Å². The lowest BCUT2D eigenvalue weighted by atomic mass is 9.80. The molecule has 0 spiro atoms. The van der Waals surface area contributed by atoms with Gasteiger partial charge in [0.1, 0.15) is 0 Å². The van der Waals surface area contributed by atoms with Crippen LogP contribution < -0.4 is 0 Å². The van der Waals surface area contributed by atoms with Gasteiger partial charge in [-0.05, 0) is 29.7 Å². The molecule has 0 aliphatic rings. The molecular formula is C16H26. The lowest BCUT2D eigenvalue weighted by Gasteiger charge is -2.25. The van der Waals surface area contributed by atoms with E-state index in [1.54, 1.807) is 0 Å². The molecule has 0 nitrogen and oxygen atoms in total. The molecule has 1 aromatic carbocycles. The molecule has 0 amide bonds. The zero-order chi connectivity index (χ0) is 12.0. The molecule has 0 N–H and O–H groups in total. The van der Waals surface area contributed by atoms with E-state index in [9.17, 15) is 0 Å². The van der Waals surface area contributed by atoms with Gasteiger partial charge in [0.25, 0.3) is 0 Å². The van der Waals surface area contributed by atoms with E-state index in [1.807, 2.05) is 0 Å². The third-order valence-electron chi connectivity index (χ3n) is 3.77. The van der Waals surface area contributed by atoms with E-state index in [0.29, 0.717) is 0 Å². The van der Waals surface area contributed by atoms with Gasteiger partial charge >= 0.3 is 0 Å². The molecule has 0 heteroatoms. The Balaban J connectivity index is 2.76. The van der Waals surface area contributed by atoms with E-state index in [0.717, 1.165) is 17.8 Å². The van der Waals surface area contributed by atoms with Crippen molar-refractivity contribution in [1.29, 1.82) is 0 Å². The SMILES string of the molecule is CCC(CC)CC(c1ccccc1)C(C)C. The zero-order valence-electron chi connectivity index (χ0n) is 11.2. The quantitative estimate of drug-likeness (QED) is 0.611.